The van der Waals surface area contributed by atoms with Crippen LogP contribution in [0.4, 0.5) is 11.5 Å². The highest BCUT2D eigenvalue weighted by Gasteiger charge is 2.17. The lowest BCUT2D eigenvalue weighted by atomic mass is 10.1. The van der Waals surface area contributed by atoms with Gasteiger partial charge in [-0.1, -0.05) is 37.6 Å². The van der Waals surface area contributed by atoms with Crippen molar-refractivity contribution in [2.24, 2.45) is 0 Å². The van der Waals surface area contributed by atoms with E-state index in [1.807, 2.05) is 13.1 Å². The van der Waals surface area contributed by atoms with Crippen molar-refractivity contribution in [3.05, 3.63) is 46.9 Å². The molecule has 0 unspecified atom stereocenters. The minimum absolute atomic E-state index is 0.274. The van der Waals surface area contributed by atoms with Crippen molar-refractivity contribution in [1.29, 1.82) is 0 Å². The summed E-state index contributed by atoms with van der Waals surface area (Å²) < 4.78 is 0. The summed E-state index contributed by atoms with van der Waals surface area (Å²) in [5.41, 5.74) is 3.29. The van der Waals surface area contributed by atoms with E-state index in [0.29, 0.717) is 5.15 Å². The Labute approximate surface area is 119 Å². The summed E-state index contributed by atoms with van der Waals surface area (Å²) in [5, 5.41) is 0.527. The van der Waals surface area contributed by atoms with Crippen LogP contribution in [0.5, 0.6) is 0 Å². The molecule has 0 saturated heterocycles. The SMILES string of the molecule is Cc1cccc(N(C)c2ncnc(Cl)c2C(C)C)c1. The molecule has 2 rings (SSSR count). The highest BCUT2D eigenvalue weighted by Crippen LogP contribution is 2.33. The fourth-order valence-electron chi connectivity index (χ4n) is 2.09. The number of halogens is 1. The topological polar surface area (TPSA) is 29.0 Å². The van der Waals surface area contributed by atoms with Crippen molar-refractivity contribution in [3.63, 3.8) is 0 Å². The molecule has 1 aromatic carbocycles. The fraction of sp³-hybridized carbons (Fsp3) is 0.333. The number of hydrogen-bond acceptors (Lipinski definition) is 3. The van der Waals surface area contributed by atoms with E-state index in [1.54, 1.807) is 0 Å². The van der Waals surface area contributed by atoms with Crippen LogP contribution in [0, 0.1) is 6.92 Å². The molecule has 0 aliphatic heterocycles. The minimum atomic E-state index is 0.274. The van der Waals surface area contributed by atoms with Crippen molar-refractivity contribution >= 4 is 23.1 Å². The van der Waals surface area contributed by atoms with Crippen LogP contribution in [0.15, 0.2) is 30.6 Å². The molecule has 0 aliphatic rings. The zero-order valence-corrected chi connectivity index (χ0v) is 12.4. The summed E-state index contributed by atoms with van der Waals surface area (Å²) in [6.45, 7) is 6.27. The lowest BCUT2D eigenvalue weighted by Crippen LogP contribution is -2.15. The summed E-state index contributed by atoms with van der Waals surface area (Å²) in [5.74, 6) is 1.14. The van der Waals surface area contributed by atoms with E-state index >= 15 is 0 Å². The smallest absolute Gasteiger partial charge is 0.141 e. The predicted molar refractivity (Wildman–Crippen MR) is 80.4 cm³/mol. The summed E-state index contributed by atoms with van der Waals surface area (Å²) >= 11 is 6.21. The third-order valence-corrected chi connectivity index (χ3v) is 3.40. The average Bonchev–Trinajstić information content (AvgIpc) is 2.37. The molecule has 3 nitrogen and oxygen atoms in total. The zero-order chi connectivity index (χ0) is 14.0. The van der Waals surface area contributed by atoms with Crippen LogP contribution < -0.4 is 4.90 Å². The summed E-state index contributed by atoms with van der Waals surface area (Å²) in [4.78, 5) is 10.5. The third-order valence-electron chi connectivity index (χ3n) is 3.10. The van der Waals surface area contributed by atoms with Gasteiger partial charge in [0.1, 0.15) is 17.3 Å². The second-order valence-corrected chi connectivity index (χ2v) is 5.31. The third kappa shape index (κ3) is 2.87. The fourth-order valence-corrected chi connectivity index (χ4v) is 2.43. The molecule has 0 bridgehead atoms. The number of rotatable bonds is 3. The van der Waals surface area contributed by atoms with Crippen molar-refractivity contribution in [2.75, 3.05) is 11.9 Å². The van der Waals surface area contributed by atoms with Gasteiger partial charge in [-0.05, 0) is 30.5 Å². The summed E-state index contributed by atoms with van der Waals surface area (Å²) in [6, 6.07) is 8.31. The maximum Gasteiger partial charge on any atom is 0.141 e. The summed E-state index contributed by atoms with van der Waals surface area (Å²) in [7, 11) is 2.00. The first-order chi connectivity index (χ1) is 9.00. The highest BCUT2D eigenvalue weighted by molar-refractivity contribution is 6.30. The molecule has 100 valence electrons. The van der Waals surface area contributed by atoms with Gasteiger partial charge in [0.05, 0.1) is 0 Å². The maximum atomic E-state index is 6.21. The molecule has 0 aliphatic carbocycles. The second-order valence-electron chi connectivity index (χ2n) is 4.95. The van der Waals surface area contributed by atoms with Crippen LogP contribution in [-0.2, 0) is 0 Å². The van der Waals surface area contributed by atoms with Gasteiger partial charge in [0.15, 0.2) is 0 Å². The molecule has 0 saturated carbocycles. The lowest BCUT2D eigenvalue weighted by Gasteiger charge is -2.23. The minimum Gasteiger partial charge on any atom is -0.329 e. The number of anilines is 2. The van der Waals surface area contributed by atoms with Gasteiger partial charge in [-0.2, -0.15) is 0 Å². The van der Waals surface area contributed by atoms with Gasteiger partial charge in [-0.3, -0.25) is 0 Å². The van der Waals surface area contributed by atoms with Crippen LogP contribution in [0.3, 0.4) is 0 Å². The predicted octanol–water partition coefficient (Wildman–Crippen LogP) is 4.33. The number of aryl methyl sites for hydroxylation is 1. The molecule has 0 atom stereocenters. The van der Waals surface area contributed by atoms with Crippen LogP contribution >= 0.6 is 11.6 Å². The number of benzene rings is 1. The van der Waals surface area contributed by atoms with E-state index < -0.39 is 0 Å². The van der Waals surface area contributed by atoms with E-state index in [9.17, 15) is 0 Å². The molecule has 4 heteroatoms. The van der Waals surface area contributed by atoms with E-state index in [0.717, 1.165) is 17.1 Å². The highest BCUT2D eigenvalue weighted by atomic mass is 35.5. The Morgan fingerprint density at radius 3 is 2.58 bits per heavy atom. The molecule has 2 aromatic rings. The Morgan fingerprint density at radius 1 is 1.21 bits per heavy atom. The average molecular weight is 276 g/mol. The van der Waals surface area contributed by atoms with Gasteiger partial charge < -0.3 is 4.90 Å². The number of hydrogen-bond donors (Lipinski definition) is 0. The largest absolute Gasteiger partial charge is 0.329 e. The molecule has 1 heterocycles. The molecule has 0 N–H and O–H groups in total. The van der Waals surface area contributed by atoms with Gasteiger partial charge in [0.2, 0.25) is 0 Å². The molecule has 0 amide bonds. The lowest BCUT2D eigenvalue weighted by molar-refractivity contribution is 0.839. The number of nitrogens with zero attached hydrogens (tertiary/aromatic N) is 3. The molecular weight excluding hydrogens is 258 g/mol. The van der Waals surface area contributed by atoms with Gasteiger partial charge in [0, 0.05) is 18.3 Å². The second kappa shape index (κ2) is 5.57. The Kier molecular flexibility index (Phi) is 4.05. The monoisotopic (exact) mass is 275 g/mol. The van der Waals surface area contributed by atoms with Crippen molar-refractivity contribution < 1.29 is 0 Å². The molecular formula is C15H18ClN3. The molecule has 0 radical (unpaired) electrons. The Balaban J connectivity index is 2.50. The van der Waals surface area contributed by atoms with Gasteiger partial charge in [-0.15, -0.1) is 0 Å². The van der Waals surface area contributed by atoms with Crippen molar-refractivity contribution in [3.8, 4) is 0 Å². The van der Waals surface area contributed by atoms with E-state index in [1.165, 1.54) is 11.9 Å². The van der Waals surface area contributed by atoms with Crippen molar-refractivity contribution in [1.82, 2.24) is 9.97 Å². The molecule has 0 spiro atoms. The first kappa shape index (κ1) is 13.8. The Bertz CT molecular complexity index is 581. The van der Waals surface area contributed by atoms with Crippen LogP contribution in [0.2, 0.25) is 5.15 Å². The van der Waals surface area contributed by atoms with Crippen LogP contribution in [-0.4, -0.2) is 17.0 Å². The van der Waals surface area contributed by atoms with Gasteiger partial charge in [0.25, 0.3) is 0 Å². The molecule has 1 aromatic heterocycles. The van der Waals surface area contributed by atoms with Crippen molar-refractivity contribution in [2.45, 2.75) is 26.7 Å². The van der Waals surface area contributed by atoms with E-state index in [4.69, 9.17) is 11.6 Å². The quantitative estimate of drug-likeness (QED) is 0.781. The normalized spacial score (nSPS) is 10.8. The first-order valence-corrected chi connectivity index (χ1v) is 6.69. The van der Waals surface area contributed by atoms with Crippen LogP contribution in [0.1, 0.15) is 30.9 Å². The Hall–Kier alpha value is -1.61. The van der Waals surface area contributed by atoms with Gasteiger partial charge in [-0.25, -0.2) is 9.97 Å². The maximum absolute atomic E-state index is 6.21. The van der Waals surface area contributed by atoms with Gasteiger partial charge >= 0.3 is 0 Å². The summed E-state index contributed by atoms with van der Waals surface area (Å²) in [6.07, 6.45) is 1.51. The Morgan fingerprint density at radius 2 is 1.95 bits per heavy atom. The zero-order valence-electron chi connectivity index (χ0n) is 11.7. The standard InChI is InChI=1S/C15H18ClN3/c1-10(2)13-14(16)17-9-18-15(13)19(4)12-7-5-6-11(3)8-12/h5-10H,1-4H3. The number of aromatic nitrogens is 2. The molecule has 0 fully saturated rings. The van der Waals surface area contributed by atoms with E-state index in [-0.39, 0.29) is 5.92 Å². The first-order valence-electron chi connectivity index (χ1n) is 6.31. The van der Waals surface area contributed by atoms with Crippen LogP contribution in [0.25, 0.3) is 0 Å². The van der Waals surface area contributed by atoms with E-state index in [2.05, 4.69) is 53.8 Å². The molecule has 19 heavy (non-hydrogen) atoms.